The smallest absolute Gasteiger partial charge is 0.328 e. The summed E-state index contributed by atoms with van der Waals surface area (Å²) in [6.07, 6.45) is 0.240. The van der Waals surface area contributed by atoms with Gasteiger partial charge in [0.1, 0.15) is 18.4 Å². The Labute approximate surface area is 192 Å². The Morgan fingerprint density at radius 1 is 0.818 bits per heavy atom. The number of carbonyl (C=O) groups is 3. The lowest BCUT2D eigenvalue weighted by molar-refractivity contribution is -0.144. The zero-order chi connectivity index (χ0) is 23.5. The minimum atomic E-state index is -0.882. The standard InChI is InChI=1S/C26H26N2O5/c1-32-26(31)23(28-24(29)17-27-25(30)21-10-6-3-7-11-21)16-19-12-14-22(15-13-19)33-18-20-8-4-2-5-9-20/h2-15,23H,16-18H2,1H3,(H,27,30)(H,28,29)/t23-/m1/s1. The van der Waals surface area contributed by atoms with Gasteiger partial charge in [-0.1, -0.05) is 60.7 Å². The summed E-state index contributed by atoms with van der Waals surface area (Å²) in [7, 11) is 1.26. The first kappa shape index (κ1) is 23.5. The van der Waals surface area contributed by atoms with Crippen LogP contribution in [0.1, 0.15) is 21.5 Å². The molecular weight excluding hydrogens is 420 g/mol. The predicted octanol–water partition coefficient (Wildman–Crippen LogP) is 2.90. The van der Waals surface area contributed by atoms with Crippen LogP contribution in [0, 0.1) is 0 Å². The normalized spacial score (nSPS) is 11.2. The summed E-state index contributed by atoms with van der Waals surface area (Å²) in [5.74, 6) is -0.726. The van der Waals surface area contributed by atoms with Crippen LogP contribution in [0.3, 0.4) is 0 Å². The summed E-state index contributed by atoms with van der Waals surface area (Å²) in [5, 5.41) is 5.17. The van der Waals surface area contributed by atoms with E-state index in [1.807, 2.05) is 54.6 Å². The predicted molar refractivity (Wildman–Crippen MR) is 124 cm³/mol. The molecule has 1 atom stereocenters. The molecule has 3 aromatic rings. The third kappa shape index (κ3) is 7.50. The van der Waals surface area contributed by atoms with E-state index in [4.69, 9.17) is 9.47 Å². The summed E-state index contributed by atoms with van der Waals surface area (Å²) in [6.45, 7) is 0.198. The molecule has 0 bridgehead atoms. The largest absolute Gasteiger partial charge is 0.489 e. The van der Waals surface area contributed by atoms with Gasteiger partial charge in [-0.05, 0) is 35.4 Å². The number of hydrogen-bond donors (Lipinski definition) is 2. The first-order valence-electron chi connectivity index (χ1n) is 10.5. The van der Waals surface area contributed by atoms with E-state index < -0.39 is 17.9 Å². The number of amides is 2. The van der Waals surface area contributed by atoms with Crippen LogP contribution in [0.4, 0.5) is 0 Å². The molecule has 0 aliphatic rings. The number of rotatable bonds is 10. The van der Waals surface area contributed by atoms with Gasteiger partial charge in [0, 0.05) is 12.0 Å². The first-order chi connectivity index (χ1) is 16.0. The second kappa shape index (κ2) is 12.0. The average molecular weight is 447 g/mol. The maximum Gasteiger partial charge on any atom is 0.328 e. The van der Waals surface area contributed by atoms with Crippen molar-refractivity contribution in [3.05, 3.63) is 102 Å². The third-order valence-electron chi connectivity index (χ3n) is 4.88. The van der Waals surface area contributed by atoms with E-state index in [9.17, 15) is 14.4 Å². The Balaban J connectivity index is 1.52. The molecule has 0 saturated heterocycles. The maximum atomic E-state index is 12.3. The van der Waals surface area contributed by atoms with Crippen molar-refractivity contribution >= 4 is 17.8 Å². The molecule has 170 valence electrons. The number of methoxy groups -OCH3 is 1. The molecule has 0 saturated carbocycles. The number of carbonyl (C=O) groups excluding carboxylic acids is 3. The van der Waals surface area contributed by atoms with Crippen LogP contribution >= 0.6 is 0 Å². The fraction of sp³-hybridized carbons (Fsp3) is 0.192. The van der Waals surface area contributed by atoms with Crippen molar-refractivity contribution < 1.29 is 23.9 Å². The van der Waals surface area contributed by atoms with Crippen LogP contribution in [-0.2, 0) is 27.4 Å². The molecule has 7 nitrogen and oxygen atoms in total. The van der Waals surface area contributed by atoms with Crippen LogP contribution in [0.15, 0.2) is 84.9 Å². The highest BCUT2D eigenvalue weighted by molar-refractivity contribution is 5.96. The molecule has 0 fully saturated rings. The summed E-state index contributed by atoms with van der Waals surface area (Å²) in [6, 6.07) is 24.8. The average Bonchev–Trinajstić information content (AvgIpc) is 2.87. The number of ether oxygens (including phenoxy) is 2. The molecule has 2 amide bonds. The van der Waals surface area contributed by atoms with Gasteiger partial charge in [-0.15, -0.1) is 0 Å². The number of esters is 1. The second-order valence-electron chi connectivity index (χ2n) is 7.31. The summed E-state index contributed by atoms with van der Waals surface area (Å²) < 4.78 is 10.6. The highest BCUT2D eigenvalue weighted by Crippen LogP contribution is 2.15. The molecule has 7 heteroatoms. The van der Waals surface area contributed by atoms with Crippen LogP contribution in [0.5, 0.6) is 5.75 Å². The lowest BCUT2D eigenvalue weighted by Gasteiger charge is -2.17. The zero-order valence-electron chi connectivity index (χ0n) is 18.3. The van der Waals surface area contributed by atoms with E-state index in [-0.39, 0.29) is 18.9 Å². The molecule has 0 aromatic heterocycles. The van der Waals surface area contributed by atoms with Gasteiger partial charge in [0.2, 0.25) is 5.91 Å². The molecule has 3 rings (SSSR count). The lowest BCUT2D eigenvalue weighted by Crippen LogP contribution is -2.47. The van der Waals surface area contributed by atoms with Gasteiger partial charge >= 0.3 is 5.97 Å². The SMILES string of the molecule is COC(=O)[C@@H](Cc1ccc(OCc2ccccc2)cc1)NC(=O)CNC(=O)c1ccccc1. The van der Waals surface area contributed by atoms with Crippen LogP contribution in [0.25, 0.3) is 0 Å². The van der Waals surface area contributed by atoms with Crippen molar-refractivity contribution in [3.63, 3.8) is 0 Å². The molecule has 0 unspecified atom stereocenters. The Bertz CT molecular complexity index is 1050. The molecule has 0 aliphatic carbocycles. The third-order valence-corrected chi connectivity index (χ3v) is 4.88. The van der Waals surface area contributed by atoms with Crippen molar-refractivity contribution in [1.29, 1.82) is 0 Å². The fourth-order valence-corrected chi connectivity index (χ4v) is 3.13. The molecule has 0 radical (unpaired) electrons. The second-order valence-corrected chi connectivity index (χ2v) is 7.31. The molecule has 2 N–H and O–H groups in total. The van der Waals surface area contributed by atoms with E-state index in [0.717, 1.165) is 11.1 Å². The fourth-order valence-electron chi connectivity index (χ4n) is 3.13. The van der Waals surface area contributed by atoms with Crippen molar-refractivity contribution in [1.82, 2.24) is 10.6 Å². The van der Waals surface area contributed by atoms with Gasteiger partial charge in [-0.2, -0.15) is 0 Å². The van der Waals surface area contributed by atoms with Gasteiger partial charge in [-0.25, -0.2) is 4.79 Å². The summed E-state index contributed by atoms with van der Waals surface area (Å²) in [4.78, 5) is 36.6. The Morgan fingerprint density at radius 3 is 2.09 bits per heavy atom. The Morgan fingerprint density at radius 2 is 1.45 bits per heavy atom. The van der Waals surface area contributed by atoms with E-state index in [2.05, 4.69) is 10.6 Å². The highest BCUT2D eigenvalue weighted by Gasteiger charge is 2.22. The van der Waals surface area contributed by atoms with Crippen molar-refractivity contribution in [3.8, 4) is 5.75 Å². The van der Waals surface area contributed by atoms with Crippen LogP contribution in [0.2, 0.25) is 0 Å². The molecule has 33 heavy (non-hydrogen) atoms. The van der Waals surface area contributed by atoms with Gasteiger partial charge in [-0.3, -0.25) is 9.59 Å². The molecule has 0 aliphatic heterocycles. The van der Waals surface area contributed by atoms with Crippen molar-refractivity contribution in [2.24, 2.45) is 0 Å². The van der Waals surface area contributed by atoms with Crippen LogP contribution < -0.4 is 15.4 Å². The van der Waals surface area contributed by atoms with Crippen LogP contribution in [-0.4, -0.2) is 37.5 Å². The Hall–Kier alpha value is -4.13. The number of nitrogens with one attached hydrogen (secondary N) is 2. The molecule has 0 spiro atoms. The van der Waals surface area contributed by atoms with E-state index in [1.165, 1.54) is 7.11 Å². The lowest BCUT2D eigenvalue weighted by atomic mass is 10.1. The minimum absolute atomic E-state index is 0.240. The molecule has 3 aromatic carbocycles. The summed E-state index contributed by atoms with van der Waals surface area (Å²) >= 11 is 0. The first-order valence-corrected chi connectivity index (χ1v) is 10.5. The Kier molecular flexibility index (Phi) is 8.59. The number of benzene rings is 3. The quantitative estimate of drug-likeness (QED) is 0.467. The summed E-state index contributed by atoms with van der Waals surface area (Å²) in [5.41, 5.74) is 2.34. The van der Waals surface area contributed by atoms with Crippen molar-refractivity contribution in [2.45, 2.75) is 19.1 Å². The maximum absolute atomic E-state index is 12.3. The molecule has 0 heterocycles. The topological polar surface area (TPSA) is 93.7 Å². The van der Waals surface area contributed by atoms with E-state index >= 15 is 0 Å². The monoisotopic (exact) mass is 446 g/mol. The van der Waals surface area contributed by atoms with Gasteiger partial charge in [0.05, 0.1) is 13.7 Å². The van der Waals surface area contributed by atoms with Gasteiger partial charge < -0.3 is 20.1 Å². The van der Waals surface area contributed by atoms with E-state index in [0.29, 0.717) is 17.9 Å². The number of hydrogen-bond acceptors (Lipinski definition) is 5. The zero-order valence-corrected chi connectivity index (χ0v) is 18.3. The van der Waals surface area contributed by atoms with Gasteiger partial charge in [0.15, 0.2) is 0 Å². The van der Waals surface area contributed by atoms with Gasteiger partial charge in [0.25, 0.3) is 5.91 Å². The van der Waals surface area contributed by atoms with E-state index in [1.54, 1.807) is 30.3 Å². The highest BCUT2D eigenvalue weighted by atomic mass is 16.5. The molecular formula is C26H26N2O5. The minimum Gasteiger partial charge on any atom is -0.489 e. The van der Waals surface area contributed by atoms with Crippen molar-refractivity contribution in [2.75, 3.05) is 13.7 Å².